The summed E-state index contributed by atoms with van der Waals surface area (Å²) in [4.78, 5) is 25.2. The summed E-state index contributed by atoms with van der Waals surface area (Å²) in [6, 6.07) is 5.92. The molecule has 2 aliphatic rings. The van der Waals surface area contributed by atoms with Crippen molar-refractivity contribution in [1.29, 1.82) is 0 Å². The van der Waals surface area contributed by atoms with Crippen molar-refractivity contribution in [3.8, 4) is 0 Å². The van der Waals surface area contributed by atoms with Crippen LogP contribution in [0.1, 0.15) is 19.3 Å². The van der Waals surface area contributed by atoms with Gasteiger partial charge in [-0.2, -0.15) is 0 Å². The van der Waals surface area contributed by atoms with Gasteiger partial charge in [0.1, 0.15) is 5.82 Å². The van der Waals surface area contributed by atoms with Gasteiger partial charge >= 0.3 is 0 Å². The van der Waals surface area contributed by atoms with Crippen molar-refractivity contribution < 1.29 is 14.0 Å². The Morgan fingerprint density at radius 3 is 2.65 bits per heavy atom. The van der Waals surface area contributed by atoms with Gasteiger partial charge in [0.2, 0.25) is 11.8 Å². The Morgan fingerprint density at radius 1 is 1.30 bits per heavy atom. The minimum Gasteiger partial charge on any atom is -0.356 e. The molecule has 1 unspecified atom stereocenters. The number of amides is 2. The third-order valence-electron chi connectivity index (χ3n) is 3.86. The van der Waals surface area contributed by atoms with Gasteiger partial charge in [0.15, 0.2) is 0 Å². The van der Waals surface area contributed by atoms with Crippen molar-refractivity contribution in [2.24, 2.45) is 11.8 Å². The van der Waals surface area contributed by atoms with Gasteiger partial charge in [0.05, 0.1) is 0 Å². The minimum absolute atomic E-state index is 0.0299. The monoisotopic (exact) mass is 276 g/mol. The van der Waals surface area contributed by atoms with Crippen LogP contribution in [0.3, 0.4) is 0 Å². The Balaban J connectivity index is 1.57. The lowest BCUT2D eigenvalue weighted by Crippen LogP contribution is -2.32. The van der Waals surface area contributed by atoms with E-state index in [4.69, 9.17) is 0 Å². The molecule has 1 heterocycles. The van der Waals surface area contributed by atoms with Crippen molar-refractivity contribution in [2.45, 2.75) is 19.3 Å². The van der Waals surface area contributed by atoms with Crippen molar-refractivity contribution in [2.75, 3.05) is 18.0 Å². The Hall–Kier alpha value is -1.91. The van der Waals surface area contributed by atoms with Gasteiger partial charge < -0.3 is 10.2 Å². The van der Waals surface area contributed by atoms with Crippen molar-refractivity contribution in [3.63, 3.8) is 0 Å². The zero-order chi connectivity index (χ0) is 14.1. The fraction of sp³-hybridized carbons (Fsp3) is 0.467. The second-order valence-electron chi connectivity index (χ2n) is 5.57. The average Bonchev–Trinajstić information content (AvgIpc) is 3.21. The van der Waals surface area contributed by atoms with E-state index in [-0.39, 0.29) is 29.5 Å². The molecule has 1 N–H and O–H groups in total. The fourth-order valence-electron chi connectivity index (χ4n) is 2.52. The van der Waals surface area contributed by atoms with Gasteiger partial charge in [0.25, 0.3) is 0 Å². The van der Waals surface area contributed by atoms with Gasteiger partial charge in [0, 0.05) is 37.0 Å². The number of nitrogens with one attached hydrogen (secondary N) is 1. The molecule has 1 aromatic carbocycles. The summed E-state index contributed by atoms with van der Waals surface area (Å²) in [5.74, 6) is 0.157. The number of halogens is 1. The van der Waals surface area contributed by atoms with Gasteiger partial charge in [-0.05, 0) is 37.1 Å². The number of benzene rings is 1. The molecule has 2 amide bonds. The van der Waals surface area contributed by atoms with E-state index < -0.39 is 0 Å². The molecule has 106 valence electrons. The lowest BCUT2D eigenvalue weighted by molar-refractivity contribution is -0.122. The number of anilines is 1. The van der Waals surface area contributed by atoms with Crippen LogP contribution in [0.4, 0.5) is 10.1 Å². The quantitative estimate of drug-likeness (QED) is 0.910. The summed E-state index contributed by atoms with van der Waals surface area (Å²) in [7, 11) is 0. The maximum absolute atomic E-state index is 12.9. The Bertz CT molecular complexity index is 525. The van der Waals surface area contributed by atoms with Crippen molar-refractivity contribution >= 4 is 17.5 Å². The predicted molar refractivity (Wildman–Crippen MR) is 72.6 cm³/mol. The molecule has 0 radical (unpaired) electrons. The molecule has 1 saturated heterocycles. The predicted octanol–water partition coefficient (Wildman–Crippen LogP) is 1.70. The Morgan fingerprint density at radius 2 is 2.00 bits per heavy atom. The molecule has 1 aliphatic heterocycles. The third kappa shape index (κ3) is 2.81. The molecule has 0 spiro atoms. The highest BCUT2D eigenvalue weighted by Crippen LogP contribution is 2.29. The summed E-state index contributed by atoms with van der Waals surface area (Å²) >= 11 is 0. The van der Waals surface area contributed by atoms with Crippen LogP contribution >= 0.6 is 0 Å². The van der Waals surface area contributed by atoms with Crippen LogP contribution in [0.2, 0.25) is 0 Å². The zero-order valence-corrected chi connectivity index (χ0v) is 11.1. The number of hydrogen-bond acceptors (Lipinski definition) is 2. The first-order valence-corrected chi connectivity index (χ1v) is 6.97. The maximum atomic E-state index is 12.9. The highest BCUT2D eigenvalue weighted by atomic mass is 19.1. The standard InChI is InChI=1S/C15H17FN2O2/c16-12-3-5-13(6-4-12)18-9-10(7-14(18)19)8-17-15(20)11-1-2-11/h3-6,10-11H,1-2,7-9H2,(H,17,20). The molecular weight excluding hydrogens is 259 g/mol. The molecule has 2 fully saturated rings. The molecule has 0 aromatic heterocycles. The van der Waals surface area contributed by atoms with E-state index in [1.165, 1.54) is 12.1 Å². The number of rotatable bonds is 4. The van der Waals surface area contributed by atoms with Gasteiger partial charge in [-0.15, -0.1) is 0 Å². The molecule has 3 rings (SSSR count). The molecule has 20 heavy (non-hydrogen) atoms. The molecule has 1 saturated carbocycles. The summed E-state index contributed by atoms with van der Waals surface area (Å²) in [6.45, 7) is 1.12. The van der Waals surface area contributed by atoms with Crippen LogP contribution < -0.4 is 10.2 Å². The topological polar surface area (TPSA) is 49.4 Å². The van der Waals surface area contributed by atoms with Crippen LogP contribution in [0.15, 0.2) is 24.3 Å². The van der Waals surface area contributed by atoms with Crippen molar-refractivity contribution in [1.82, 2.24) is 5.32 Å². The SMILES string of the molecule is O=C(NCC1CC(=O)N(c2ccc(F)cc2)C1)C1CC1. The molecule has 1 aromatic rings. The van der Waals surface area contributed by atoms with Gasteiger partial charge in [-0.3, -0.25) is 9.59 Å². The van der Waals surface area contributed by atoms with E-state index in [1.807, 2.05) is 0 Å². The number of carbonyl (C=O) groups excluding carboxylic acids is 2. The van der Waals surface area contributed by atoms with Crippen molar-refractivity contribution in [3.05, 3.63) is 30.1 Å². The summed E-state index contributed by atoms with van der Waals surface area (Å²) in [6.07, 6.45) is 2.40. The third-order valence-corrected chi connectivity index (χ3v) is 3.86. The average molecular weight is 276 g/mol. The lowest BCUT2D eigenvalue weighted by atomic mass is 10.1. The minimum atomic E-state index is -0.311. The normalized spacial score (nSPS) is 22.1. The number of nitrogens with zero attached hydrogens (tertiary/aromatic N) is 1. The van der Waals surface area contributed by atoms with Crippen LogP contribution in [0, 0.1) is 17.7 Å². The second kappa shape index (κ2) is 5.23. The number of carbonyl (C=O) groups is 2. The summed E-state index contributed by atoms with van der Waals surface area (Å²) < 4.78 is 12.9. The van der Waals surface area contributed by atoms with E-state index in [2.05, 4.69) is 5.32 Å². The molecule has 1 aliphatic carbocycles. The van der Waals surface area contributed by atoms with Crippen LogP contribution in [0.5, 0.6) is 0 Å². The summed E-state index contributed by atoms with van der Waals surface area (Å²) in [5.41, 5.74) is 0.715. The first kappa shape index (κ1) is 13.1. The van der Waals surface area contributed by atoms with E-state index >= 15 is 0 Å². The highest BCUT2D eigenvalue weighted by Gasteiger charge is 2.33. The van der Waals surface area contributed by atoms with Crippen LogP contribution in [-0.2, 0) is 9.59 Å². The van der Waals surface area contributed by atoms with Crippen LogP contribution in [0.25, 0.3) is 0 Å². The first-order valence-electron chi connectivity index (χ1n) is 6.97. The maximum Gasteiger partial charge on any atom is 0.227 e. The second-order valence-corrected chi connectivity index (χ2v) is 5.57. The molecule has 5 heteroatoms. The molecular formula is C15H17FN2O2. The van der Waals surface area contributed by atoms with Gasteiger partial charge in [-0.25, -0.2) is 4.39 Å². The van der Waals surface area contributed by atoms with Crippen LogP contribution in [-0.4, -0.2) is 24.9 Å². The largest absolute Gasteiger partial charge is 0.356 e. The Kier molecular flexibility index (Phi) is 3.42. The smallest absolute Gasteiger partial charge is 0.227 e. The fourth-order valence-corrected chi connectivity index (χ4v) is 2.52. The first-order chi connectivity index (χ1) is 9.63. The number of hydrogen-bond donors (Lipinski definition) is 1. The van der Waals surface area contributed by atoms with E-state index in [0.717, 1.165) is 12.8 Å². The molecule has 0 bridgehead atoms. The van der Waals surface area contributed by atoms with E-state index in [1.54, 1.807) is 17.0 Å². The lowest BCUT2D eigenvalue weighted by Gasteiger charge is -2.17. The zero-order valence-electron chi connectivity index (χ0n) is 11.1. The Labute approximate surface area is 117 Å². The highest BCUT2D eigenvalue weighted by molar-refractivity contribution is 5.95. The molecule has 4 nitrogen and oxygen atoms in total. The summed E-state index contributed by atoms with van der Waals surface area (Å²) in [5, 5.41) is 2.91. The van der Waals surface area contributed by atoms with E-state index in [9.17, 15) is 14.0 Å². The van der Waals surface area contributed by atoms with E-state index in [0.29, 0.717) is 25.2 Å². The van der Waals surface area contributed by atoms with Gasteiger partial charge in [-0.1, -0.05) is 0 Å². The molecule has 1 atom stereocenters.